The molecule has 0 spiro atoms. The first kappa shape index (κ1) is 10.7. The molecule has 1 aromatic heterocycles. The van der Waals surface area contributed by atoms with Crippen molar-refractivity contribution in [1.29, 1.82) is 0 Å². The summed E-state index contributed by atoms with van der Waals surface area (Å²) in [5.74, 6) is 0.152. The van der Waals surface area contributed by atoms with Crippen molar-refractivity contribution < 1.29 is 9.52 Å². The van der Waals surface area contributed by atoms with Crippen LogP contribution in [0.4, 0.5) is 5.69 Å². The van der Waals surface area contributed by atoms with Gasteiger partial charge in [0.1, 0.15) is 17.0 Å². The van der Waals surface area contributed by atoms with Gasteiger partial charge in [-0.2, -0.15) is 0 Å². The summed E-state index contributed by atoms with van der Waals surface area (Å²) in [7, 11) is 0. The van der Waals surface area contributed by atoms with Crippen LogP contribution < -0.4 is 10.9 Å². The smallest absolute Gasteiger partial charge is 0.360 e. The van der Waals surface area contributed by atoms with E-state index in [2.05, 4.69) is 21.2 Å². The van der Waals surface area contributed by atoms with Gasteiger partial charge in [-0.25, -0.2) is 4.79 Å². The quantitative estimate of drug-likeness (QED) is 0.734. The van der Waals surface area contributed by atoms with Crippen LogP contribution in [0.5, 0.6) is 5.75 Å². The summed E-state index contributed by atoms with van der Waals surface area (Å²) in [6, 6.07) is 3.26. The predicted octanol–water partition coefficient (Wildman–Crippen LogP) is 2.62. The molecular formula is C12H10BrNO3. The lowest BCUT2D eigenvalue weighted by Crippen LogP contribution is -2.19. The minimum atomic E-state index is -0.343. The van der Waals surface area contributed by atoms with Gasteiger partial charge in [-0.05, 0) is 46.5 Å². The second kappa shape index (κ2) is 3.77. The fourth-order valence-electron chi connectivity index (χ4n) is 2.19. The molecule has 2 heterocycles. The Morgan fingerprint density at radius 2 is 2.24 bits per heavy atom. The van der Waals surface area contributed by atoms with E-state index in [-0.39, 0.29) is 11.4 Å². The van der Waals surface area contributed by atoms with Crippen molar-refractivity contribution in [1.82, 2.24) is 0 Å². The average molecular weight is 296 g/mol. The maximum absolute atomic E-state index is 11.8. The molecule has 17 heavy (non-hydrogen) atoms. The highest BCUT2D eigenvalue weighted by molar-refractivity contribution is 9.10. The molecule has 0 atom stereocenters. The van der Waals surface area contributed by atoms with Gasteiger partial charge in [0.15, 0.2) is 0 Å². The molecule has 2 aromatic rings. The number of anilines is 1. The topological polar surface area (TPSA) is 62.5 Å². The zero-order chi connectivity index (χ0) is 12.0. The third kappa shape index (κ3) is 1.61. The van der Waals surface area contributed by atoms with Crippen LogP contribution in [0.1, 0.15) is 12.0 Å². The van der Waals surface area contributed by atoms with Crippen molar-refractivity contribution in [3.05, 3.63) is 32.6 Å². The van der Waals surface area contributed by atoms with E-state index in [0.717, 1.165) is 30.3 Å². The molecule has 5 heteroatoms. The second-order valence-electron chi connectivity index (χ2n) is 4.07. The number of hydrogen-bond acceptors (Lipinski definition) is 4. The first-order valence-electron chi connectivity index (χ1n) is 5.39. The van der Waals surface area contributed by atoms with Crippen LogP contribution in [0.2, 0.25) is 0 Å². The molecular weight excluding hydrogens is 286 g/mol. The van der Waals surface area contributed by atoms with Crippen LogP contribution >= 0.6 is 15.9 Å². The van der Waals surface area contributed by atoms with Crippen molar-refractivity contribution in [2.75, 3.05) is 11.9 Å². The summed E-state index contributed by atoms with van der Waals surface area (Å²) >= 11 is 3.21. The van der Waals surface area contributed by atoms with E-state index in [1.807, 2.05) is 0 Å². The molecule has 0 bridgehead atoms. The normalized spacial score (nSPS) is 14.4. The van der Waals surface area contributed by atoms with Gasteiger partial charge in [0.2, 0.25) is 0 Å². The van der Waals surface area contributed by atoms with Gasteiger partial charge in [0.05, 0.1) is 4.47 Å². The third-order valence-corrected chi connectivity index (χ3v) is 3.62. The number of aromatic hydroxyl groups is 1. The molecule has 0 unspecified atom stereocenters. The number of benzene rings is 1. The van der Waals surface area contributed by atoms with E-state index >= 15 is 0 Å². The molecule has 1 aromatic carbocycles. The Hall–Kier alpha value is -1.49. The summed E-state index contributed by atoms with van der Waals surface area (Å²) in [6.45, 7) is 0.784. The molecule has 4 nitrogen and oxygen atoms in total. The number of phenols is 1. The van der Waals surface area contributed by atoms with Crippen LogP contribution in [0.15, 0.2) is 25.8 Å². The Morgan fingerprint density at radius 1 is 1.41 bits per heavy atom. The molecule has 1 aliphatic rings. The number of aryl methyl sites for hydroxylation is 1. The Bertz CT molecular complexity index is 663. The molecule has 3 rings (SSSR count). The van der Waals surface area contributed by atoms with Crippen LogP contribution in [0, 0.1) is 0 Å². The van der Waals surface area contributed by atoms with Crippen molar-refractivity contribution in [3.63, 3.8) is 0 Å². The number of rotatable bonds is 0. The zero-order valence-electron chi connectivity index (χ0n) is 8.92. The zero-order valence-corrected chi connectivity index (χ0v) is 10.5. The van der Waals surface area contributed by atoms with Crippen molar-refractivity contribution in [2.24, 2.45) is 0 Å². The van der Waals surface area contributed by atoms with Crippen LogP contribution in [-0.4, -0.2) is 11.7 Å². The van der Waals surface area contributed by atoms with E-state index in [1.165, 1.54) is 0 Å². The number of halogens is 1. The molecule has 88 valence electrons. The fraction of sp³-hybridized carbons (Fsp3) is 0.250. The first-order valence-corrected chi connectivity index (χ1v) is 6.18. The largest absolute Gasteiger partial charge is 0.507 e. The summed E-state index contributed by atoms with van der Waals surface area (Å²) in [5, 5.41) is 13.6. The van der Waals surface area contributed by atoms with Crippen molar-refractivity contribution >= 4 is 32.6 Å². The van der Waals surface area contributed by atoms with Gasteiger partial charge in [-0.15, -0.1) is 0 Å². The van der Waals surface area contributed by atoms with E-state index in [4.69, 9.17) is 4.42 Å². The lowest BCUT2D eigenvalue weighted by molar-refractivity contribution is 0.471. The third-order valence-electron chi connectivity index (χ3n) is 2.99. The van der Waals surface area contributed by atoms with Crippen LogP contribution in [0.25, 0.3) is 11.0 Å². The van der Waals surface area contributed by atoms with Crippen LogP contribution in [0.3, 0.4) is 0 Å². The van der Waals surface area contributed by atoms with Gasteiger partial charge in [-0.1, -0.05) is 0 Å². The summed E-state index contributed by atoms with van der Waals surface area (Å²) < 4.78 is 5.76. The standard InChI is InChI=1S/C12H10BrNO3/c13-8-5-10-7(4-9(8)15)6-2-1-3-14-11(6)12(16)17-10/h4-5,14-15H,1-3H2. The summed E-state index contributed by atoms with van der Waals surface area (Å²) in [4.78, 5) is 11.8. The van der Waals surface area contributed by atoms with E-state index in [0.29, 0.717) is 15.7 Å². The van der Waals surface area contributed by atoms with E-state index in [1.54, 1.807) is 12.1 Å². The number of nitrogens with one attached hydrogen (secondary N) is 1. The Kier molecular flexibility index (Phi) is 2.36. The highest BCUT2D eigenvalue weighted by Crippen LogP contribution is 2.33. The second-order valence-corrected chi connectivity index (χ2v) is 4.93. The average Bonchev–Trinajstić information content (AvgIpc) is 2.32. The molecule has 0 aliphatic carbocycles. The minimum absolute atomic E-state index is 0.152. The van der Waals surface area contributed by atoms with Crippen molar-refractivity contribution in [3.8, 4) is 5.75 Å². The SMILES string of the molecule is O=c1oc2cc(Br)c(O)cc2c2c1NCCC2. The lowest BCUT2D eigenvalue weighted by atomic mass is 10.0. The number of phenolic OH excluding ortho intramolecular Hbond substituents is 1. The van der Waals surface area contributed by atoms with Crippen molar-refractivity contribution in [2.45, 2.75) is 12.8 Å². The van der Waals surface area contributed by atoms with Gasteiger partial charge >= 0.3 is 5.63 Å². The van der Waals surface area contributed by atoms with Gasteiger partial charge < -0.3 is 14.8 Å². The molecule has 0 saturated heterocycles. The molecule has 0 fully saturated rings. The number of hydrogen-bond donors (Lipinski definition) is 2. The van der Waals surface area contributed by atoms with Gasteiger partial charge in [0.25, 0.3) is 0 Å². The molecule has 1 aliphatic heterocycles. The Balaban J connectivity index is 2.43. The highest BCUT2D eigenvalue weighted by atomic mass is 79.9. The maximum Gasteiger partial charge on any atom is 0.360 e. The molecule has 2 N–H and O–H groups in total. The number of fused-ring (bicyclic) bond motifs is 3. The lowest BCUT2D eigenvalue weighted by Gasteiger charge is -2.18. The molecule has 0 saturated carbocycles. The highest BCUT2D eigenvalue weighted by Gasteiger charge is 2.18. The minimum Gasteiger partial charge on any atom is -0.507 e. The monoisotopic (exact) mass is 295 g/mol. The van der Waals surface area contributed by atoms with E-state index < -0.39 is 0 Å². The molecule has 0 amide bonds. The fourth-order valence-corrected chi connectivity index (χ4v) is 2.51. The Morgan fingerprint density at radius 3 is 3.06 bits per heavy atom. The van der Waals surface area contributed by atoms with E-state index in [9.17, 15) is 9.90 Å². The first-order chi connectivity index (χ1) is 8.16. The summed E-state index contributed by atoms with van der Waals surface area (Å²) in [5.41, 5.74) is 1.63. The van der Waals surface area contributed by atoms with Gasteiger partial charge in [-0.3, -0.25) is 0 Å². The summed E-state index contributed by atoms with van der Waals surface area (Å²) in [6.07, 6.45) is 1.80. The predicted molar refractivity (Wildman–Crippen MR) is 68.7 cm³/mol. The van der Waals surface area contributed by atoms with Crippen LogP contribution in [-0.2, 0) is 6.42 Å². The molecule has 0 radical (unpaired) electrons. The Labute approximate surface area is 105 Å². The maximum atomic E-state index is 11.8. The van der Waals surface area contributed by atoms with Gasteiger partial charge in [0, 0.05) is 11.9 Å².